The van der Waals surface area contributed by atoms with Crippen LogP contribution in [0.4, 0.5) is 11.4 Å². The van der Waals surface area contributed by atoms with Crippen LogP contribution in [0.5, 0.6) is 0 Å². The monoisotopic (exact) mass is 228 g/mol. The van der Waals surface area contributed by atoms with Gasteiger partial charge in [0.05, 0.1) is 9.95 Å². The molecule has 0 saturated carbocycles. The highest BCUT2D eigenvalue weighted by Gasteiger charge is 2.21. The molecule has 1 aromatic carbocycles. The van der Waals surface area contributed by atoms with E-state index in [0.717, 1.165) is 4.90 Å². The van der Waals surface area contributed by atoms with E-state index in [4.69, 9.17) is 22.7 Å². The second-order valence-electron chi connectivity index (χ2n) is 2.81. The number of benzene rings is 1. The Balaban J connectivity index is 3.37. The molecular weight excluding hydrogens is 220 g/mol. The normalized spacial score (nSPS) is 9.73. The van der Waals surface area contributed by atoms with Crippen LogP contribution in [0, 0.1) is 15.5 Å². The van der Waals surface area contributed by atoms with Gasteiger partial charge in [-0.2, -0.15) is 0 Å². The number of rotatable bonds is 2. The Hall–Kier alpha value is -1.82. The summed E-state index contributed by atoms with van der Waals surface area (Å²) in [5.41, 5.74) is 5.18. The van der Waals surface area contributed by atoms with Crippen molar-refractivity contribution < 1.29 is 4.92 Å². The van der Waals surface area contributed by atoms with E-state index < -0.39 is 4.92 Å². The fourth-order valence-corrected chi connectivity index (χ4v) is 1.40. The van der Waals surface area contributed by atoms with Gasteiger partial charge in [0.15, 0.2) is 5.96 Å². The Labute approximate surface area is 90.9 Å². The minimum Gasteiger partial charge on any atom is -0.370 e. The van der Waals surface area contributed by atoms with Crippen LogP contribution in [0.25, 0.3) is 0 Å². The molecule has 0 spiro atoms. The summed E-state index contributed by atoms with van der Waals surface area (Å²) in [7, 11) is 1.44. The summed E-state index contributed by atoms with van der Waals surface area (Å²) in [6.45, 7) is 0. The molecule has 1 aromatic rings. The van der Waals surface area contributed by atoms with E-state index in [1.165, 1.54) is 25.2 Å². The molecule has 0 heterocycles. The molecular formula is C8H9ClN4O2. The van der Waals surface area contributed by atoms with Crippen LogP contribution in [0.3, 0.4) is 0 Å². The quantitative estimate of drug-likeness (QED) is 0.348. The summed E-state index contributed by atoms with van der Waals surface area (Å²) < 4.78 is 0. The third-order valence-electron chi connectivity index (χ3n) is 1.86. The summed E-state index contributed by atoms with van der Waals surface area (Å²) >= 11 is 5.81. The van der Waals surface area contributed by atoms with Crippen molar-refractivity contribution in [3.05, 3.63) is 33.3 Å². The van der Waals surface area contributed by atoms with E-state index >= 15 is 0 Å². The van der Waals surface area contributed by atoms with Gasteiger partial charge >= 0.3 is 0 Å². The number of nitrogens with two attached hydrogens (primary N) is 1. The fraction of sp³-hybridized carbons (Fsp3) is 0.125. The summed E-state index contributed by atoms with van der Waals surface area (Å²) in [6.07, 6.45) is 0. The molecule has 0 fully saturated rings. The SMILES string of the molecule is CN(C(=N)N)c1c(Cl)cccc1[N+](=O)[O-]. The summed E-state index contributed by atoms with van der Waals surface area (Å²) in [6, 6.07) is 4.28. The largest absolute Gasteiger partial charge is 0.370 e. The Morgan fingerprint density at radius 2 is 2.27 bits per heavy atom. The highest BCUT2D eigenvalue weighted by atomic mass is 35.5. The number of hydrogen-bond donors (Lipinski definition) is 2. The van der Waals surface area contributed by atoms with Crippen LogP contribution in [0.1, 0.15) is 0 Å². The first-order chi connectivity index (χ1) is 6.95. The highest BCUT2D eigenvalue weighted by molar-refractivity contribution is 6.34. The van der Waals surface area contributed by atoms with Crippen molar-refractivity contribution in [2.24, 2.45) is 5.73 Å². The number of nitrogens with zero attached hydrogens (tertiary/aromatic N) is 2. The third-order valence-corrected chi connectivity index (χ3v) is 2.16. The van der Waals surface area contributed by atoms with Crippen LogP contribution in [0.15, 0.2) is 18.2 Å². The zero-order valence-corrected chi connectivity index (χ0v) is 8.65. The standard InChI is InChI=1S/C8H9ClN4O2/c1-12(8(10)11)7-5(9)3-2-4-6(7)13(14)15/h2-4H,1H3,(H3,10,11). The number of nitro benzene ring substituents is 1. The second-order valence-corrected chi connectivity index (χ2v) is 3.22. The van der Waals surface area contributed by atoms with Gasteiger partial charge in [0.2, 0.25) is 0 Å². The Morgan fingerprint density at radius 3 is 2.73 bits per heavy atom. The van der Waals surface area contributed by atoms with Crippen molar-refractivity contribution in [2.45, 2.75) is 0 Å². The van der Waals surface area contributed by atoms with Gasteiger partial charge in [0.25, 0.3) is 5.69 Å². The first kappa shape index (κ1) is 11.3. The van der Waals surface area contributed by atoms with Gasteiger partial charge in [-0.25, -0.2) is 0 Å². The molecule has 0 aromatic heterocycles. The maximum atomic E-state index is 10.7. The van der Waals surface area contributed by atoms with Gasteiger partial charge in [-0.3, -0.25) is 15.5 Å². The summed E-state index contributed by atoms with van der Waals surface area (Å²) in [5.74, 6) is -0.314. The Morgan fingerprint density at radius 1 is 1.67 bits per heavy atom. The number of halogens is 1. The average molecular weight is 229 g/mol. The molecule has 15 heavy (non-hydrogen) atoms. The van der Waals surface area contributed by atoms with Crippen LogP contribution < -0.4 is 10.6 Å². The van der Waals surface area contributed by atoms with Gasteiger partial charge in [-0.05, 0) is 6.07 Å². The molecule has 0 aliphatic rings. The third kappa shape index (κ3) is 2.16. The van der Waals surface area contributed by atoms with Crippen LogP contribution in [-0.4, -0.2) is 17.9 Å². The molecule has 0 saturated heterocycles. The molecule has 0 amide bonds. The summed E-state index contributed by atoms with van der Waals surface area (Å²) in [4.78, 5) is 11.3. The lowest BCUT2D eigenvalue weighted by molar-refractivity contribution is -0.384. The zero-order chi connectivity index (χ0) is 11.6. The van der Waals surface area contributed by atoms with Crippen LogP contribution >= 0.6 is 11.6 Å². The minimum absolute atomic E-state index is 0.122. The maximum absolute atomic E-state index is 10.7. The number of anilines is 1. The number of nitrogens with one attached hydrogen (secondary N) is 1. The Kier molecular flexibility index (Phi) is 3.11. The van der Waals surface area contributed by atoms with Crippen molar-refractivity contribution in [2.75, 3.05) is 11.9 Å². The zero-order valence-electron chi connectivity index (χ0n) is 7.90. The molecule has 3 N–H and O–H groups in total. The highest BCUT2D eigenvalue weighted by Crippen LogP contribution is 2.34. The topological polar surface area (TPSA) is 96.2 Å². The molecule has 1 rings (SSSR count). The number of hydrogen-bond acceptors (Lipinski definition) is 3. The minimum atomic E-state index is -0.569. The maximum Gasteiger partial charge on any atom is 0.294 e. The van der Waals surface area contributed by atoms with E-state index in [2.05, 4.69) is 0 Å². The van der Waals surface area contributed by atoms with E-state index in [9.17, 15) is 10.1 Å². The lowest BCUT2D eigenvalue weighted by Gasteiger charge is -2.17. The van der Waals surface area contributed by atoms with Crippen molar-refractivity contribution >= 4 is 28.9 Å². The predicted molar refractivity (Wildman–Crippen MR) is 58.4 cm³/mol. The lowest BCUT2D eigenvalue weighted by Crippen LogP contribution is -2.33. The van der Waals surface area contributed by atoms with Crippen LogP contribution in [-0.2, 0) is 0 Å². The average Bonchev–Trinajstić information content (AvgIpc) is 2.16. The molecule has 0 aliphatic carbocycles. The lowest BCUT2D eigenvalue weighted by atomic mass is 10.2. The Bertz CT molecular complexity index is 421. The number of guanidine groups is 1. The first-order valence-electron chi connectivity index (χ1n) is 3.95. The molecule has 0 bridgehead atoms. The molecule has 6 nitrogen and oxygen atoms in total. The van der Waals surface area contributed by atoms with Gasteiger partial charge in [0.1, 0.15) is 5.69 Å². The molecule has 7 heteroatoms. The molecule has 0 aliphatic heterocycles. The van der Waals surface area contributed by atoms with E-state index in [0.29, 0.717) is 0 Å². The summed E-state index contributed by atoms with van der Waals surface area (Å²) in [5, 5.41) is 18.1. The van der Waals surface area contributed by atoms with Crippen LogP contribution in [0.2, 0.25) is 5.02 Å². The predicted octanol–water partition coefficient (Wildman–Crippen LogP) is 1.58. The van der Waals surface area contributed by atoms with Crippen molar-refractivity contribution in [1.29, 1.82) is 5.41 Å². The van der Waals surface area contributed by atoms with Gasteiger partial charge < -0.3 is 10.6 Å². The van der Waals surface area contributed by atoms with Gasteiger partial charge in [0, 0.05) is 13.1 Å². The molecule has 0 atom stereocenters. The molecule has 0 unspecified atom stereocenters. The van der Waals surface area contributed by atoms with E-state index in [1.54, 1.807) is 0 Å². The van der Waals surface area contributed by atoms with Gasteiger partial charge in [-0.15, -0.1) is 0 Å². The number of para-hydroxylation sites is 1. The smallest absolute Gasteiger partial charge is 0.294 e. The van der Waals surface area contributed by atoms with E-state index in [-0.39, 0.29) is 22.4 Å². The van der Waals surface area contributed by atoms with E-state index in [1.807, 2.05) is 0 Å². The van der Waals surface area contributed by atoms with Crippen molar-refractivity contribution in [1.82, 2.24) is 0 Å². The first-order valence-corrected chi connectivity index (χ1v) is 4.33. The molecule has 0 radical (unpaired) electrons. The molecule has 80 valence electrons. The van der Waals surface area contributed by atoms with Gasteiger partial charge in [-0.1, -0.05) is 17.7 Å². The number of nitro groups is 1. The fourth-order valence-electron chi connectivity index (χ4n) is 1.10. The van der Waals surface area contributed by atoms with Crippen molar-refractivity contribution in [3.63, 3.8) is 0 Å². The van der Waals surface area contributed by atoms with Crippen molar-refractivity contribution in [3.8, 4) is 0 Å². The second kappa shape index (κ2) is 4.14.